The molecule has 0 fully saturated rings. The van der Waals surface area contributed by atoms with Gasteiger partial charge in [-0.25, -0.2) is 0 Å². The molecule has 0 saturated carbocycles. The van der Waals surface area contributed by atoms with Crippen LogP contribution in [-0.2, 0) is 0 Å². The molecule has 6 aromatic rings. The smallest absolute Gasteiger partial charge is 0.0350 e. The summed E-state index contributed by atoms with van der Waals surface area (Å²) in [7, 11) is 3.83. The van der Waals surface area contributed by atoms with Crippen molar-refractivity contribution in [3.05, 3.63) is 97.1 Å². The molecule has 0 bridgehead atoms. The zero-order valence-corrected chi connectivity index (χ0v) is 17.7. The van der Waals surface area contributed by atoms with E-state index in [-0.39, 0.29) is 0 Å². The molecule has 1 aliphatic rings. The lowest BCUT2D eigenvalue weighted by Gasteiger charge is -2.26. The third kappa shape index (κ3) is 2.15. The third-order valence-electron chi connectivity index (χ3n) is 6.23. The lowest BCUT2D eigenvalue weighted by molar-refractivity contribution is 1.49. The molecule has 30 heavy (non-hydrogen) atoms. The average molecular weight is 417 g/mol. The molecule has 6 aromatic carbocycles. The molecular weight excluding hydrogens is 400 g/mol. The van der Waals surface area contributed by atoms with Crippen LogP contribution in [-0.4, -0.2) is 0 Å². The summed E-state index contributed by atoms with van der Waals surface area (Å²) >= 11 is 0. The van der Waals surface area contributed by atoms with E-state index in [0.29, 0.717) is 0 Å². The van der Waals surface area contributed by atoms with Crippen LogP contribution in [0.15, 0.2) is 107 Å². The minimum Gasteiger partial charge on any atom is -0.0616 e. The molecule has 0 aromatic heterocycles. The zero-order chi connectivity index (χ0) is 19.7. The Morgan fingerprint density at radius 2 is 0.567 bits per heavy atom. The lowest BCUT2D eigenvalue weighted by Crippen LogP contribution is -1.96. The highest BCUT2D eigenvalue weighted by Gasteiger charge is 2.27. The summed E-state index contributed by atoms with van der Waals surface area (Å²) in [5.74, 6) is 0. The minimum absolute atomic E-state index is 1.34. The molecule has 0 radical (unpaired) electrons. The number of hydrogen-bond acceptors (Lipinski definition) is 2. The first-order chi connectivity index (χ1) is 14.9. The van der Waals surface area contributed by atoms with Gasteiger partial charge < -0.3 is 0 Å². The Labute approximate surface area is 182 Å². The topological polar surface area (TPSA) is 0 Å². The van der Waals surface area contributed by atoms with Crippen LogP contribution in [0, 0.1) is 0 Å². The standard InChI is InChI=1S/C28H16S2/c1-5-13-21-17(9-1)19-11-3-7-15-23(19)27-25(21)26-22-14-6-2-10-18(22)20-12-4-8-16-24(20)28(26)30-29-27/h1-16H. The Morgan fingerprint density at radius 1 is 0.300 bits per heavy atom. The molecule has 7 rings (SSSR count). The highest BCUT2D eigenvalue weighted by atomic mass is 33.1. The maximum atomic E-state index is 2.30. The molecule has 0 N–H and O–H groups in total. The molecule has 0 unspecified atom stereocenters. The van der Waals surface area contributed by atoms with Crippen molar-refractivity contribution in [3.63, 3.8) is 0 Å². The molecular formula is C28H16S2. The van der Waals surface area contributed by atoms with Gasteiger partial charge in [0.1, 0.15) is 0 Å². The van der Waals surface area contributed by atoms with Crippen LogP contribution in [0.3, 0.4) is 0 Å². The normalized spacial score (nSPS) is 13.1. The van der Waals surface area contributed by atoms with Crippen molar-refractivity contribution >= 4 is 64.7 Å². The fraction of sp³-hybridized carbons (Fsp3) is 0. The molecule has 2 heteroatoms. The first kappa shape index (κ1) is 16.8. The Morgan fingerprint density at radius 3 is 0.933 bits per heavy atom. The molecule has 0 atom stereocenters. The van der Waals surface area contributed by atoms with E-state index in [1.54, 1.807) is 0 Å². The average Bonchev–Trinajstić information content (AvgIpc) is 2.84. The van der Waals surface area contributed by atoms with Crippen LogP contribution in [0.5, 0.6) is 0 Å². The van der Waals surface area contributed by atoms with E-state index < -0.39 is 0 Å². The minimum atomic E-state index is 1.34. The van der Waals surface area contributed by atoms with Crippen molar-refractivity contribution in [3.8, 4) is 11.1 Å². The number of benzene rings is 6. The number of rotatable bonds is 0. The van der Waals surface area contributed by atoms with Crippen molar-refractivity contribution in [2.24, 2.45) is 0 Å². The highest BCUT2D eigenvalue weighted by Crippen LogP contribution is 2.59. The molecule has 0 spiro atoms. The van der Waals surface area contributed by atoms with E-state index in [1.165, 1.54) is 64.0 Å². The van der Waals surface area contributed by atoms with Crippen LogP contribution in [0.25, 0.3) is 54.2 Å². The van der Waals surface area contributed by atoms with Gasteiger partial charge in [-0.05, 0) is 43.1 Å². The Kier molecular flexibility index (Phi) is 3.52. The number of fused-ring (bicyclic) bond motifs is 13. The summed E-state index contributed by atoms with van der Waals surface area (Å²) in [5, 5.41) is 10.8. The van der Waals surface area contributed by atoms with Crippen LogP contribution < -0.4 is 0 Å². The summed E-state index contributed by atoms with van der Waals surface area (Å²) in [6.45, 7) is 0. The van der Waals surface area contributed by atoms with Crippen molar-refractivity contribution in [2.75, 3.05) is 0 Å². The van der Waals surface area contributed by atoms with Crippen LogP contribution >= 0.6 is 21.6 Å². The van der Waals surface area contributed by atoms with Crippen molar-refractivity contribution in [2.45, 2.75) is 9.79 Å². The zero-order valence-electron chi connectivity index (χ0n) is 16.1. The highest BCUT2D eigenvalue weighted by molar-refractivity contribution is 8.77. The fourth-order valence-electron chi connectivity index (χ4n) is 4.97. The van der Waals surface area contributed by atoms with Gasteiger partial charge in [0.05, 0.1) is 0 Å². The van der Waals surface area contributed by atoms with Crippen LogP contribution in [0.2, 0.25) is 0 Å². The van der Waals surface area contributed by atoms with Gasteiger partial charge >= 0.3 is 0 Å². The van der Waals surface area contributed by atoms with Crippen molar-refractivity contribution in [1.82, 2.24) is 0 Å². The predicted octanol–water partition coefficient (Wildman–Crippen LogP) is 9.08. The molecule has 0 aliphatic carbocycles. The summed E-state index contributed by atoms with van der Waals surface area (Å²) in [5.41, 5.74) is 2.79. The van der Waals surface area contributed by atoms with E-state index in [0.717, 1.165) is 0 Å². The monoisotopic (exact) mass is 416 g/mol. The fourth-order valence-corrected chi connectivity index (χ4v) is 7.80. The molecule has 140 valence electrons. The second kappa shape index (κ2) is 6.28. The SMILES string of the molecule is c1ccc2c(c1)c1c(c3ccccc32)-c2c(c3ccccc3c3ccccc23)SS1. The predicted molar refractivity (Wildman–Crippen MR) is 134 cm³/mol. The quantitative estimate of drug-likeness (QED) is 0.179. The van der Waals surface area contributed by atoms with Crippen LogP contribution in [0.4, 0.5) is 0 Å². The second-order valence-electron chi connectivity index (χ2n) is 7.76. The first-order valence-electron chi connectivity index (χ1n) is 10.1. The van der Waals surface area contributed by atoms with Crippen molar-refractivity contribution < 1.29 is 0 Å². The second-order valence-corrected chi connectivity index (χ2v) is 9.91. The lowest BCUT2D eigenvalue weighted by atomic mass is 9.88. The summed E-state index contributed by atoms with van der Waals surface area (Å²) in [6.07, 6.45) is 0. The van der Waals surface area contributed by atoms with E-state index in [9.17, 15) is 0 Å². The van der Waals surface area contributed by atoms with E-state index in [4.69, 9.17) is 0 Å². The molecule has 0 saturated heterocycles. The summed E-state index contributed by atoms with van der Waals surface area (Å²) in [6, 6.07) is 35.5. The maximum Gasteiger partial charge on any atom is 0.0350 e. The van der Waals surface area contributed by atoms with Gasteiger partial charge in [-0.15, -0.1) is 0 Å². The largest absolute Gasteiger partial charge is 0.0616 e. The first-order valence-corrected chi connectivity index (χ1v) is 12.3. The molecule has 0 nitrogen and oxygen atoms in total. The van der Waals surface area contributed by atoms with E-state index in [2.05, 4.69) is 97.1 Å². The molecule has 1 aliphatic heterocycles. The number of hydrogen-bond donors (Lipinski definition) is 0. The van der Waals surface area contributed by atoms with Gasteiger partial charge in [0.25, 0.3) is 0 Å². The Balaban J connectivity index is 1.79. The van der Waals surface area contributed by atoms with Crippen molar-refractivity contribution in [1.29, 1.82) is 0 Å². The molecule has 0 amide bonds. The van der Waals surface area contributed by atoms with Gasteiger partial charge in [-0.2, -0.15) is 0 Å². The van der Waals surface area contributed by atoms with Gasteiger partial charge in [-0.3, -0.25) is 0 Å². The molecule has 1 heterocycles. The van der Waals surface area contributed by atoms with Gasteiger partial charge in [-0.1, -0.05) is 119 Å². The van der Waals surface area contributed by atoms with Gasteiger partial charge in [0.2, 0.25) is 0 Å². The van der Waals surface area contributed by atoms with Gasteiger partial charge in [0, 0.05) is 20.9 Å². The van der Waals surface area contributed by atoms with E-state index >= 15 is 0 Å². The van der Waals surface area contributed by atoms with Crippen LogP contribution in [0.1, 0.15) is 0 Å². The Bertz CT molecular complexity index is 1520. The summed E-state index contributed by atoms with van der Waals surface area (Å²) < 4.78 is 0. The maximum absolute atomic E-state index is 2.30. The van der Waals surface area contributed by atoms with Gasteiger partial charge in [0.15, 0.2) is 0 Å². The third-order valence-corrected chi connectivity index (χ3v) is 8.74. The van der Waals surface area contributed by atoms with E-state index in [1.807, 2.05) is 21.6 Å². The summed E-state index contributed by atoms with van der Waals surface area (Å²) in [4.78, 5) is 2.78. The Hall–Kier alpha value is -2.94.